The van der Waals surface area contributed by atoms with E-state index in [4.69, 9.17) is 0 Å². The van der Waals surface area contributed by atoms with Gasteiger partial charge in [-0.25, -0.2) is 0 Å². The first-order valence-corrected chi connectivity index (χ1v) is 4.04. The summed E-state index contributed by atoms with van der Waals surface area (Å²) in [4.78, 5) is 0. The minimum Gasteiger partial charge on any atom is -0.0776 e. The first-order chi connectivity index (χ1) is 4.04. The second-order valence-electron chi connectivity index (χ2n) is 3.85. The van der Waals surface area contributed by atoms with Gasteiger partial charge < -0.3 is 0 Å². The Kier molecular flexibility index (Phi) is 7.29. The molecule has 0 aliphatic rings. The van der Waals surface area contributed by atoms with Crippen LogP contribution in [0.3, 0.4) is 0 Å². The summed E-state index contributed by atoms with van der Waals surface area (Å²) in [6.07, 6.45) is 1.37. The molecule has 0 aliphatic carbocycles. The fourth-order valence-corrected chi connectivity index (χ4v) is 1.02. The second-order valence-corrected chi connectivity index (χ2v) is 3.85. The first-order valence-electron chi connectivity index (χ1n) is 4.04. The molecule has 0 N–H and O–H groups in total. The highest BCUT2D eigenvalue weighted by Crippen LogP contribution is 2.18. The fraction of sp³-hybridized carbons (Fsp3) is 1.00. The largest absolute Gasteiger partial charge is 0.0776 e. The van der Waals surface area contributed by atoms with Crippen molar-refractivity contribution in [1.29, 1.82) is 0 Å². The van der Waals surface area contributed by atoms with E-state index in [9.17, 15) is 0 Å². The van der Waals surface area contributed by atoms with E-state index in [1.54, 1.807) is 0 Å². The van der Waals surface area contributed by atoms with Crippen LogP contribution < -0.4 is 0 Å². The molecule has 0 radical (unpaired) electrons. The molecule has 64 valence electrons. The maximum atomic E-state index is 2.34. The van der Waals surface area contributed by atoms with E-state index in [0.717, 1.165) is 17.8 Å². The number of hydrogen-bond acceptors (Lipinski definition) is 0. The highest BCUT2D eigenvalue weighted by atomic mass is 14.1. The van der Waals surface area contributed by atoms with Gasteiger partial charge in [-0.05, 0) is 24.2 Å². The van der Waals surface area contributed by atoms with Gasteiger partial charge in [0, 0.05) is 0 Å². The van der Waals surface area contributed by atoms with E-state index in [0.29, 0.717) is 0 Å². The van der Waals surface area contributed by atoms with Crippen molar-refractivity contribution < 1.29 is 0 Å². The van der Waals surface area contributed by atoms with Crippen LogP contribution in [0.15, 0.2) is 0 Å². The fourth-order valence-electron chi connectivity index (χ4n) is 1.02. The molecule has 0 unspecified atom stereocenters. The molecule has 0 amide bonds. The normalized spacial score (nSPS) is 13.5. The van der Waals surface area contributed by atoms with Crippen LogP contribution in [0.4, 0.5) is 0 Å². The molecule has 0 aromatic heterocycles. The standard InChI is InChI=1S/C9H20.CH4/c1-7(2)6-9(5)8(3)4;/h7-9H,6H2,1-5H3;1H4/t9-;/m0./s1. The molecule has 0 nitrogen and oxygen atoms in total. The van der Waals surface area contributed by atoms with Gasteiger partial charge in [-0.1, -0.05) is 42.0 Å². The Balaban J connectivity index is 0. The van der Waals surface area contributed by atoms with E-state index in [1.807, 2.05) is 0 Å². The Morgan fingerprint density at radius 2 is 1.30 bits per heavy atom. The Morgan fingerprint density at radius 3 is 1.40 bits per heavy atom. The molecule has 1 atom stereocenters. The lowest BCUT2D eigenvalue weighted by molar-refractivity contribution is 0.344. The maximum absolute atomic E-state index is 2.34. The third-order valence-electron chi connectivity index (χ3n) is 1.98. The van der Waals surface area contributed by atoms with Crippen molar-refractivity contribution in [3.05, 3.63) is 0 Å². The summed E-state index contributed by atoms with van der Waals surface area (Å²) < 4.78 is 0. The van der Waals surface area contributed by atoms with Gasteiger partial charge in [0.05, 0.1) is 0 Å². The van der Waals surface area contributed by atoms with Crippen molar-refractivity contribution in [2.45, 2.75) is 48.5 Å². The van der Waals surface area contributed by atoms with Crippen molar-refractivity contribution in [2.75, 3.05) is 0 Å². The van der Waals surface area contributed by atoms with Crippen LogP contribution in [-0.4, -0.2) is 0 Å². The van der Waals surface area contributed by atoms with E-state index < -0.39 is 0 Å². The molecule has 0 bridgehead atoms. The first kappa shape index (κ1) is 12.7. The van der Waals surface area contributed by atoms with E-state index in [1.165, 1.54) is 6.42 Å². The van der Waals surface area contributed by atoms with Crippen LogP contribution in [0.2, 0.25) is 0 Å². The van der Waals surface area contributed by atoms with Crippen LogP contribution in [0.1, 0.15) is 48.5 Å². The molecule has 0 heterocycles. The molecule has 10 heavy (non-hydrogen) atoms. The highest BCUT2D eigenvalue weighted by molar-refractivity contribution is 4.58. The number of rotatable bonds is 3. The van der Waals surface area contributed by atoms with Crippen molar-refractivity contribution >= 4 is 0 Å². The van der Waals surface area contributed by atoms with Crippen LogP contribution >= 0.6 is 0 Å². The average Bonchev–Trinajstić information content (AvgIpc) is 1.63. The smallest absolute Gasteiger partial charge is 0.0417 e. The summed E-state index contributed by atoms with van der Waals surface area (Å²) in [5.41, 5.74) is 0. The highest BCUT2D eigenvalue weighted by Gasteiger charge is 2.07. The Hall–Kier alpha value is 0. The van der Waals surface area contributed by atoms with Gasteiger partial charge in [0.2, 0.25) is 0 Å². The molecule has 0 heteroatoms. The third kappa shape index (κ3) is 6.12. The molecule has 0 spiro atoms. The summed E-state index contributed by atoms with van der Waals surface area (Å²) in [5, 5.41) is 0. The predicted octanol–water partition coefficient (Wildman–Crippen LogP) is 3.96. The molecule has 0 aliphatic heterocycles. The lowest BCUT2D eigenvalue weighted by Crippen LogP contribution is -2.06. The third-order valence-corrected chi connectivity index (χ3v) is 1.98. The van der Waals surface area contributed by atoms with Gasteiger partial charge in [-0.15, -0.1) is 0 Å². The SMILES string of the molecule is C.CC(C)C[C@H](C)C(C)C. The molecule has 0 saturated heterocycles. The number of hydrogen-bond donors (Lipinski definition) is 0. The summed E-state index contributed by atoms with van der Waals surface area (Å²) in [6.45, 7) is 11.5. The minimum absolute atomic E-state index is 0. The van der Waals surface area contributed by atoms with Crippen LogP contribution in [-0.2, 0) is 0 Å². The Morgan fingerprint density at radius 1 is 0.900 bits per heavy atom. The van der Waals surface area contributed by atoms with Crippen LogP contribution in [0, 0.1) is 17.8 Å². The van der Waals surface area contributed by atoms with E-state index >= 15 is 0 Å². The van der Waals surface area contributed by atoms with Crippen molar-refractivity contribution in [3.63, 3.8) is 0 Å². The summed E-state index contributed by atoms with van der Waals surface area (Å²) in [6, 6.07) is 0. The van der Waals surface area contributed by atoms with Crippen LogP contribution in [0.25, 0.3) is 0 Å². The van der Waals surface area contributed by atoms with E-state index in [2.05, 4.69) is 34.6 Å². The zero-order valence-corrected chi connectivity index (χ0v) is 7.44. The van der Waals surface area contributed by atoms with Gasteiger partial charge in [-0.3, -0.25) is 0 Å². The Labute approximate surface area is 67.0 Å². The Bertz CT molecular complexity index is 62.4. The monoisotopic (exact) mass is 144 g/mol. The molecule has 0 rings (SSSR count). The van der Waals surface area contributed by atoms with Crippen molar-refractivity contribution in [2.24, 2.45) is 17.8 Å². The summed E-state index contributed by atoms with van der Waals surface area (Å²) in [7, 11) is 0. The molecule has 0 fully saturated rings. The quantitative estimate of drug-likeness (QED) is 0.562. The second kappa shape index (κ2) is 5.76. The van der Waals surface area contributed by atoms with Gasteiger partial charge >= 0.3 is 0 Å². The molecular formula is C10H24. The minimum atomic E-state index is 0. The average molecular weight is 144 g/mol. The lowest BCUT2D eigenvalue weighted by atomic mass is 9.90. The molecule has 0 aromatic carbocycles. The topological polar surface area (TPSA) is 0 Å². The van der Waals surface area contributed by atoms with Crippen molar-refractivity contribution in [1.82, 2.24) is 0 Å². The molecule has 0 saturated carbocycles. The van der Waals surface area contributed by atoms with E-state index in [-0.39, 0.29) is 7.43 Å². The predicted molar refractivity (Wildman–Crippen MR) is 50.2 cm³/mol. The molecular weight excluding hydrogens is 120 g/mol. The van der Waals surface area contributed by atoms with Gasteiger partial charge in [0.1, 0.15) is 0 Å². The zero-order chi connectivity index (χ0) is 7.44. The zero-order valence-electron chi connectivity index (χ0n) is 7.44. The van der Waals surface area contributed by atoms with Gasteiger partial charge in [-0.2, -0.15) is 0 Å². The van der Waals surface area contributed by atoms with Gasteiger partial charge in [0.25, 0.3) is 0 Å². The summed E-state index contributed by atoms with van der Waals surface area (Å²) in [5.74, 6) is 2.61. The van der Waals surface area contributed by atoms with Crippen molar-refractivity contribution in [3.8, 4) is 0 Å². The van der Waals surface area contributed by atoms with Crippen LogP contribution in [0.5, 0.6) is 0 Å². The van der Waals surface area contributed by atoms with Gasteiger partial charge in [0.15, 0.2) is 0 Å². The molecule has 0 aromatic rings. The lowest BCUT2D eigenvalue weighted by Gasteiger charge is -2.16. The summed E-state index contributed by atoms with van der Waals surface area (Å²) >= 11 is 0. The maximum Gasteiger partial charge on any atom is -0.0417 e.